The molecule has 0 saturated carbocycles. The molecule has 0 saturated heterocycles. The van der Waals surface area contributed by atoms with Gasteiger partial charge in [-0.05, 0) is 58.0 Å². The van der Waals surface area contributed by atoms with Crippen LogP contribution in [0.15, 0.2) is 30.6 Å². The molecule has 0 aromatic carbocycles. The summed E-state index contributed by atoms with van der Waals surface area (Å²) >= 11 is 0. The van der Waals surface area contributed by atoms with E-state index in [1.807, 2.05) is 26.0 Å². The molecule has 4 heterocycles. The van der Waals surface area contributed by atoms with E-state index in [0.717, 1.165) is 48.4 Å². The molecule has 0 spiro atoms. The van der Waals surface area contributed by atoms with Gasteiger partial charge < -0.3 is 15.0 Å². The van der Waals surface area contributed by atoms with Crippen molar-refractivity contribution < 1.29 is 5.11 Å². The molecule has 0 radical (unpaired) electrons. The topological polar surface area (TPSA) is 65.0 Å². The molecule has 0 aliphatic carbocycles. The van der Waals surface area contributed by atoms with Gasteiger partial charge in [-0.1, -0.05) is 6.07 Å². The van der Waals surface area contributed by atoms with Crippen LogP contribution in [-0.4, -0.2) is 38.6 Å². The van der Waals surface area contributed by atoms with Crippen LogP contribution in [0.4, 0.5) is 0 Å². The zero-order chi connectivity index (χ0) is 18.3. The number of aromatic amines is 1. The number of aryl methyl sites for hydroxylation is 2. The van der Waals surface area contributed by atoms with E-state index >= 15 is 0 Å². The van der Waals surface area contributed by atoms with Crippen molar-refractivity contribution in [2.75, 3.05) is 13.6 Å². The minimum absolute atomic E-state index is 0.451. The minimum Gasteiger partial charge on any atom is -0.385 e. The van der Waals surface area contributed by atoms with E-state index < -0.39 is 5.60 Å². The molecule has 2 N–H and O–H groups in total. The lowest BCUT2D eigenvalue weighted by molar-refractivity contribution is 0.0565. The van der Waals surface area contributed by atoms with Crippen LogP contribution in [0.2, 0.25) is 0 Å². The molecular formula is C21H26N4O. The molecule has 4 rings (SSSR count). The first-order valence-electron chi connectivity index (χ1n) is 9.25. The van der Waals surface area contributed by atoms with E-state index in [0.29, 0.717) is 6.42 Å². The van der Waals surface area contributed by atoms with E-state index in [2.05, 4.69) is 28.0 Å². The predicted molar refractivity (Wildman–Crippen MR) is 103 cm³/mol. The highest BCUT2D eigenvalue weighted by atomic mass is 16.3. The van der Waals surface area contributed by atoms with Gasteiger partial charge in [-0.2, -0.15) is 0 Å². The number of fused-ring (bicyclic) bond motifs is 3. The molecule has 1 atom stereocenters. The number of aromatic nitrogens is 3. The Morgan fingerprint density at radius 2 is 2.23 bits per heavy atom. The number of pyridine rings is 2. The second-order valence-electron chi connectivity index (χ2n) is 7.75. The van der Waals surface area contributed by atoms with Gasteiger partial charge in [0.2, 0.25) is 0 Å². The lowest BCUT2D eigenvalue weighted by Crippen LogP contribution is -2.25. The normalized spacial score (nSPS) is 17.7. The molecule has 5 nitrogen and oxygen atoms in total. The van der Waals surface area contributed by atoms with Crippen molar-refractivity contribution in [3.05, 3.63) is 58.8 Å². The average Bonchev–Trinajstić information content (AvgIpc) is 2.82. The van der Waals surface area contributed by atoms with Gasteiger partial charge in [-0.15, -0.1) is 0 Å². The van der Waals surface area contributed by atoms with Crippen LogP contribution in [0.5, 0.6) is 0 Å². The summed E-state index contributed by atoms with van der Waals surface area (Å²) in [4.78, 5) is 14.9. The molecule has 1 aliphatic rings. The Morgan fingerprint density at radius 1 is 1.38 bits per heavy atom. The third-order valence-corrected chi connectivity index (χ3v) is 5.38. The smallest absolute Gasteiger partial charge is 0.0939 e. The van der Waals surface area contributed by atoms with Crippen molar-refractivity contribution in [3.63, 3.8) is 0 Å². The summed E-state index contributed by atoms with van der Waals surface area (Å²) in [5, 5.41) is 12.3. The standard InChI is InChI=1S/C21H26N4O/c1-14-10-16-17-13-25(3)9-5-7-18(17)24-20(16)19(23-14)11-21(2,26)15-6-4-8-22-12-15/h4,6,8,10,12,24,26H,5,7,9,11,13H2,1-3H3. The van der Waals surface area contributed by atoms with E-state index in [-0.39, 0.29) is 0 Å². The van der Waals surface area contributed by atoms with Crippen LogP contribution in [0, 0.1) is 6.92 Å². The molecule has 1 unspecified atom stereocenters. The summed E-state index contributed by atoms with van der Waals surface area (Å²) in [6.07, 6.45) is 6.12. The van der Waals surface area contributed by atoms with Crippen LogP contribution < -0.4 is 0 Å². The van der Waals surface area contributed by atoms with Crippen molar-refractivity contribution >= 4 is 10.9 Å². The van der Waals surface area contributed by atoms with Gasteiger partial charge >= 0.3 is 0 Å². The number of rotatable bonds is 3. The molecule has 5 heteroatoms. The fourth-order valence-corrected chi connectivity index (χ4v) is 4.01. The summed E-state index contributed by atoms with van der Waals surface area (Å²) < 4.78 is 0. The largest absolute Gasteiger partial charge is 0.385 e. The highest BCUT2D eigenvalue weighted by Gasteiger charge is 2.27. The molecule has 0 bridgehead atoms. The minimum atomic E-state index is -1.01. The Balaban J connectivity index is 1.80. The maximum atomic E-state index is 11.1. The fourth-order valence-electron chi connectivity index (χ4n) is 4.01. The number of H-pyrrole nitrogens is 1. The summed E-state index contributed by atoms with van der Waals surface area (Å²) in [5.41, 5.74) is 5.48. The highest BCUT2D eigenvalue weighted by Crippen LogP contribution is 2.32. The van der Waals surface area contributed by atoms with Gasteiger partial charge in [0.15, 0.2) is 0 Å². The van der Waals surface area contributed by atoms with Crippen LogP contribution in [0.25, 0.3) is 10.9 Å². The Bertz CT molecular complexity index is 930. The molecular weight excluding hydrogens is 324 g/mol. The Morgan fingerprint density at radius 3 is 3.00 bits per heavy atom. The number of nitrogens with zero attached hydrogens (tertiary/aromatic N) is 3. The number of hydrogen-bond acceptors (Lipinski definition) is 4. The van der Waals surface area contributed by atoms with E-state index in [1.54, 1.807) is 12.4 Å². The van der Waals surface area contributed by atoms with Crippen molar-refractivity contribution in [2.24, 2.45) is 0 Å². The van der Waals surface area contributed by atoms with Crippen molar-refractivity contribution in [1.29, 1.82) is 0 Å². The molecule has 0 amide bonds. The van der Waals surface area contributed by atoms with Crippen LogP contribution in [0.1, 0.15) is 41.6 Å². The Hall–Kier alpha value is -2.24. The highest BCUT2D eigenvalue weighted by molar-refractivity contribution is 5.87. The maximum absolute atomic E-state index is 11.1. The van der Waals surface area contributed by atoms with Crippen molar-refractivity contribution in [1.82, 2.24) is 19.9 Å². The SMILES string of the molecule is Cc1cc2c3c([nH]c2c(CC(C)(O)c2cccnc2)n1)CCCN(C)C3. The third kappa shape index (κ3) is 3.13. The monoisotopic (exact) mass is 350 g/mol. The Labute approximate surface area is 154 Å². The first kappa shape index (κ1) is 17.2. The van der Waals surface area contributed by atoms with Gasteiger partial charge in [-0.3, -0.25) is 9.97 Å². The summed E-state index contributed by atoms with van der Waals surface area (Å²) in [7, 11) is 2.18. The lowest BCUT2D eigenvalue weighted by atomic mass is 9.91. The molecule has 0 fully saturated rings. The second kappa shape index (κ2) is 6.49. The molecule has 136 valence electrons. The van der Waals surface area contributed by atoms with Gasteiger partial charge in [0.05, 0.1) is 16.8 Å². The average molecular weight is 350 g/mol. The molecule has 3 aromatic heterocycles. The number of aliphatic hydroxyl groups is 1. The maximum Gasteiger partial charge on any atom is 0.0939 e. The Kier molecular flexibility index (Phi) is 4.29. The van der Waals surface area contributed by atoms with Crippen LogP contribution in [-0.2, 0) is 25.0 Å². The fraction of sp³-hybridized carbons (Fsp3) is 0.429. The van der Waals surface area contributed by atoms with Gasteiger partial charge in [-0.25, -0.2) is 0 Å². The van der Waals surface area contributed by atoms with Crippen molar-refractivity contribution in [3.8, 4) is 0 Å². The zero-order valence-corrected chi connectivity index (χ0v) is 15.7. The van der Waals surface area contributed by atoms with E-state index in [4.69, 9.17) is 4.98 Å². The second-order valence-corrected chi connectivity index (χ2v) is 7.75. The molecule has 26 heavy (non-hydrogen) atoms. The quantitative estimate of drug-likeness (QED) is 0.762. The van der Waals surface area contributed by atoms with E-state index in [1.165, 1.54) is 16.6 Å². The lowest BCUT2D eigenvalue weighted by Gasteiger charge is -2.23. The summed E-state index contributed by atoms with van der Waals surface area (Å²) in [6.45, 7) is 5.94. The first-order chi connectivity index (χ1) is 12.4. The molecule has 3 aromatic rings. The number of nitrogens with one attached hydrogen (secondary N) is 1. The summed E-state index contributed by atoms with van der Waals surface area (Å²) in [6, 6.07) is 5.95. The molecule has 1 aliphatic heterocycles. The van der Waals surface area contributed by atoms with Crippen molar-refractivity contribution in [2.45, 2.75) is 45.3 Å². The first-order valence-corrected chi connectivity index (χ1v) is 9.25. The zero-order valence-electron chi connectivity index (χ0n) is 15.7. The third-order valence-electron chi connectivity index (χ3n) is 5.38. The van der Waals surface area contributed by atoms with Gasteiger partial charge in [0, 0.05) is 47.7 Å². The van der Waals surface area contributed by atoms with Gasteiger partial charge in [0.1, 0.15) is 0 Å². The van der Waals surface area contributed by atoms with Gasteiger partial charge in [0.25, 0.3) is 0 Å². The summed E-state index contributed by atoms with van der Waals surface area (Å²) in [5.74, 6) is 0. The van der Waals surface area contributed by atoms with Crippen LogP contribution in [0.3, 0.4) is 0 Å². The van der Waals surface area contributed by atoms with Crippen LogP contribution >= 0.6 is 0 Å². The number of hydrogen-bond donors (Lipinski definition) is 2. The predicted octanol–water partition coefficient (Wildman–Crippen LogP) is 3.09. The van der Waals surface area contributed by atoms with E-state index in [9.17, 15) is 5.11 Å².